The predicted molar refractivity (Wildman–Crippen MR) is 70.8 cm³/mol. The van der Waals surface area contributed by atoms with Crippen LogP contribution in [-0.4, -0.2) is 5.91 Å². The van der Waals surface area contributed by atoms with Gasteiger partial charge in [0.25, 0.3) is 5.91 Å². The van der Waals surface area contributed by atoms with Crippen molar-refractivity contribution >= 4 is 34.8 Å². The quantitative estimate of drug-likeness (QED) is 0.868. The van der Waals surface area contributed by atoms with Crippen molar-refractivity contribution in [2.24, 2.45) is 0 Å². The molecule has 0 fully saturated rings. The first-order chi connectivity index (χ1) is 9.00. The Bertz CT molecular complexity index is 626. The highest BCUT2D eigenvalue weighted by molar-refractivity contribution is 6.44. The molecule has 0 bridgehead atoms. The van der Waals surface area contributed by atoms with Crippen LogP contribution in [0.2, 0.25) is 10.0 Å². The SMILES string of the molecule is O=C(Nc1cccc(Cl)c1Cl)c1c(F)cccc1F. The van der Waals surface area contributed by atoms with Gasteiger partial charge >= 0.3 is 0 Å². The lowest BCUT2D eigenvalue weighted by atomic mass is 10.2. The minimum absolute atomic E-state index is 0.106. The zero-order valence-corrected chi connectivity index (χ0v) is 10.9. The molecular weight excluding hydrogens is 295 g/mol. The Hall–Kier alpha value is -1.65. The van der Waals surface area contributed by atoms with Gasteiger partial charge in [0.2, 0.25) is 0 Å². The molecule has 1 N–H and O–H groups in total. The fraction of sp³-hybridized carbons (Fsp3) is 0. The molecule has 0 aliphatic carbocycles. The van der Waals surface area contributed by atoms with E-state index in [2.05, 4.69) is 5.32 Å². The summed E-state index contributed by atoms with van der Waals surface area (Å²) in [5.41, 5.74) is -0.486. The van der Waals surface area contributed by atoms with E-state index in [1.165, 1.54) is 18.2 Å². The van der Waals surface area contributed by atoms with Gasteiger partial charge < -0.3 is 5.32 Å². The molecule has 0 atom stereocenters. The highest BCUT2D eigenvalue weighted by Gasteiger charge is 2.18. The van der Waals surface area contributed by atoms with Crippen molar-refractivity contribution in [3.8, 4) is 0 Å². The van der Waals surface area contributed by atoms with Crippen LogP contribution in [0.3, 0.4) is 0 Å². The van der Waals surface area contributed by atoms with Crippen molar-refractivity contribution in [1.29, 1.82) is 0 Å². The first kappa shape index (κ1) is 13.8. The van der Waals surface area contributed by atoms with Crippen molar-refractivity contribution < 1.29 is 13.6 Å². The number of nitrogens with one attached hydrogen (secondary N) is 1. The molecule has 0 unspecified atom stereocenters. The van der Waals surface area contributed by atoms with Crippen LogP contribution in [0.4, 0.5) is 14.5 Å². The minimum Gasteiger partial charge on any atom is -0.320 e. The van der Waals surface area contributed by atoms with Crippen molar-refractivity contribution in [3.63, 3.8) is 0 Å². The van der Waals surface area contributed by atoms with Crippen LogP contribution in [0.1, 0.15) is 10.4 Å². The third-order valence-electron chi connectivity index (χ3n) is 2.39. The second-order valence-corrected chi connectivity index (χ2v) is 4.44. The van der Waals surface area contributed by atoms with E-state index in [1.54, 1.807) is 6.07 Å². The lowest BCUT2D eigenvalue weighted by molar-refractivity contribution is 0.101. The molecule has 2 rings (SSSR count). The average molecular weight is 302 g/mol. The summed E-state index contributed by atoms with van der Waals surface area (Å²) < 4.78 is 26.8. The summed E-state index contributed by atoms with van der Waals surface area (Å²) in [5.74, 6) is -2.83. The summed E-state index contributed by atoms with van der Waals surface area (Å²) in [5, 5.41) is 2.65. The Morgan fingerprint density at radius 3 is 2.21 bits per heavy atom. The number of hydrogen-bond donors (Lipinski definition) is 1. The summed E-state index contributed by atoms with van der Waals surface area (Å²) in [6.45, 7) is 0. The summed E-state index contributed by atoms with van der Waals surface area (Å²) in [6.07, 6.45) is 0. The highest BCUT2D eigenvalue weighted by Crippen LogP contribution is 2.30. The second kappa shape index (κ2) is 5.55. The van der Waals surface area contributed by atoms with E-state index in [9.17, 15) is 13.6 Å². The number of amides is 1. The maximum Gasteiger partial charge on any atom is 0.261 e. The maximum atomic E-state index is 13.4. The van der Waals surface area contributed by atoms with Gasteiger partial charge in [-0.2, -0.15) is 0 Å². The number of carbonyl (C=O) groups is 1. The number of anilines is 1. The van der Waals surface area contributed by atoms with Crippen molar-refractivity contribution in [3.05, 3.63) is 63.6 Å². The van der Waals surface area contributed by atoms with Crippen molar-refractivity contribution in [1.82, 2.24) is 0 Å². The third-order valence-corrected chi connectivity index (χ3v) is 3.21. The molecule has 0 aromatic heterocycles. The van der Waals surface area contributed by atoms with Gasteiger partial charge in [-0.05, 0) is 24.3 Å². The van der Waals surface area contributed by atoms with Crippen molar-refractivity contribution in [2.45, 2.75) is 0 Å². The van der Waals surface area contributed by atoms with Gasteiger partial charge in [-0.1, -0.05) is 35.3 Å². The number of halogens is 4. The molecule has 98 valence electrons. The largest absolute Gasteiger partial charge is 0.320 e. The van der Waals surface area contributed by atoms with E-state index in [0.717, 1.165) is 12.1 Å². The van der Waals surface area contributed by atoms with Crippen LogP contribution in [0.5, 0.6) is 0 Å². The summed E-state index contributed by atoms with van der Waals surface area (Å²) in [6, 6.07) is 7.73. The van der Waals surface area contributed by atoms with E-state index >= 15 is 0 Å². The first-order valence-electron chi connectivity index (χ1n) is 5.20. The Morgan fingerprint density at radius 2 is 1.58 bits per heavy atom. The van der Waals surface area contributed by atoms with Crippen LogP contribution in [0.15, 0.2) is 36.4 Å². The second-order valence-electron chi connectivity index (χ2n) is 3.65. The van der Waals surface area contributed by atoms with Crippen LogP contribution < -0.4 is 5.32 Å². The van der Waals surface area contributed by atoms with Gasteiger partial charge in [-0.15, -0.1) is 0 Å². The monoisotopic (exact) mass is 301 g/mol. The first-order valence-corrected chi connectivity index (χ1v) is 5.95. The minimum atomic E-state index is -0.948. The lowest BCUT2D eigenvalue weighted by Crippen LogP contribution is -2.16. The fourth-order valence-electron chi connectivity index (χ4n) is 1.50. The van der Waals surface area contributed by atoms with E-state index in [0.29, 0.717) is 0 Å². The number of hydrogen-bond acceptors (Lipinski definition) is 1. The Balaban J connectivity index is 2.34. The van der Waals surface area contributed by atoms with E-state index in [1.807, 2.05) is 0 Å². The fourth-order valence-corrected chi connectivity index (χ4v) is 1.85. The van der Waals surface area contributed by atoms with Crippen LogP contribution >= 0.6 is 23.2 Å². The lowest BCUT2D eigenvalue weighted by Gasteiger charge is -2.09. The molecule has 2 nitrogen and oxygen atoms in total. The smallest absolute Gasteiger partial charge is 0.261 e. The van der Waals surface area contributed by atoms with Crippen LogP contribution in [0.25, 0.3) is 0 Å². The zero-order chi connectivity index (χ0) is 14.0. The molecule has 2 aromatic carbocycles. The highest BCUT2D eigenvalue weighted by atomic mass is 35.5. The average Bonchev–Trinajstić information content (AvgIpc) is 2.35. The number of rotatable bonds is 2. The summed E-state index contributed by atoms with van der Waals surface area (Å²) >= 11 is 11.6. The molecule has 0 radical (unpaired) electrons. The Labute approximate surface area is 118 Å². The summed E-state index contributed by atoms with van der Waals surface area (Å²) in [4.78, 5) is 11.8. The molecule has 0 heterocycles. The molecular formula is C13H7Cl2F2NO. The van der Waals surface area contributed by atoms with E-state index < -0.39 is 23.1 Å². The molecule has 0 spiro atoms. The molecule has 6 heteroatoms. The van der Waals surface area contributed by atoms with Gasteiger partial charge in [0.05, 0.1) is 15.7 Å². The molecule has 2 aromatic rings. The van der Waals surface area contributed by atoms with Crippen LogP contribution in [-0.2, 0) is 0 Å². The molecule has 19 heavy (non-hydrogen) atoms. The van der Waals surface area contributed by atoms with Gasteiger partial charge in [0, 0.05) is 0 Å². The van der Waals surface area contributed by atoms with Crippen LogP contribution in [0, 0.1) is 11.6 Å². The topological polar surface area (TPSA) is 29.1 Å². The predicted octanol–water partition coefficient (Wildman–Crippen LogP) is 4.52. The van der Waals surface area contributed by atoms with E-state index in [-0.39, 0.29) is 15.7 Å². The Kier molecular flexibility index (Phi) is 4.02. The van der Waals surface area contributed by atoms with Gasteiger partial charge in [0.1, 0.15) is 17.2 Å². The number of benzene rings is 2. The standard InChI is InChI=1S/C13H7Cl2F2NO/c14-7-3-1-6-10(12(7)15)18-13(19)11-8(16)4-2-5-9(11)17/h1-6H,(H,18,19). The molecule has 1 amide bonds. The molecule has 0 saturated heterocycles. The molecule has 0 aliphatic rings. The normalized spacial score (nSPS) is 10.3. The molecule has 0 saturated carbocycles. The van der Waals surface area contributed by atoms with Gasteiger partial charge in [0.15, 0.2) is 0 Å². The van der Waals surface area contributed by atoms with Gasteiger partial charge in [-0.3, -0.25) is 4.79 Å². The maximum absolute atomic E-state index is 13.4. The number of carbonyl (C=O) groups excluding carboxylic acids is 1. The van der Waals surface area contributed by atoms with Gasteiger partial charge in [-0.25, -0.2) is 8.78 Å². The van der Waals surface area contributed by atoms with Crippen molar-refractivity contribution in [2.75, 3.05) is 5.32 Å². The van der Waals surface area contributed by atoms with E-state index in [4.69, 9.17) is 23.2 Å². The summed E-state index contributed by atoms with van der Waals surface area (Å²) in [7, 11) is 0. The third kappa shape index (κ3) is 2.85. The molecule has 0 aliphatic heterocycles. The zero-order valence-electron chi connectivity index (χ0n) is 9.38. The Morgan fingerprint density at radius 1 is 1.00 bits per heavy atom.